The molecule has 1 aromatic carbocycles. The minimum atomic E-state index is 0.0260. The van der Waals surface area contributed by atoms with Gasteiger partial charge in [-0.05, 0) is 32.0 Å². The lowest BCUT2D eigenvalue weighted by Gasteiger charge is -2.14. The van der Waals surface area contributed by atoms with Crippen LogP contribution in [-0.2, 0) is 0 Å². The summed E-state index contributed by atoms with van der Waals surface area (Å²) in [5, 5.41) is 0. The molecule has 0 heterocycles. The highest BCUT2D eigenvalue weighted by Gasteiger charge is 2.17. The third kappa shape index (κ3) is 2.44. The highest BCUT2D eigenvalue weighted by Crippen LogP contribution is 2.33. The molecule has 1 aromatic rings. The fourth-order valence-electron chi connectivity index (χ4n) is 1.68. The van der Waals surface area contributed by atoms with Crippen LogP contribution in [0.2, 0.25) is 0 Å². The monoisotopic (exact) mass is 285 g/mol. The maximum Gasteiger partial charge on any atom is 0.167 e. The second kappa shape index (κ2) is 5.46. The molecule has 0 amide bonds. The summed E-state index contributed by atoms with van der Waals surface area (Å²) in [4.78, 5) is 11.9. The van der Waals surface area contributed by atoms with Gasteiger partial charge in [-0.15, -0.1) is 0 Å². The van der Waals surface area contributed by atoms with Crippen molar-refractivity contribution >= 4 is 21.7 Å². The summed E-state index contributed by atoms with van der Waals surface area (Å²) >= 11 is 3.48. The maximum atomic E-state index is 11.9. The molecule has 88 valence electrons. The van der Waals surface area contributed by atoms with E-state index in [4.69, 9.17) is 10.5 Å². The van der Waals surface area contributed by atoms with Crippen LogP contribution in [-0.4, -0.2) is 19.4 Å². The van der Waals surface area contributed by atoms with Crippen molar-refractivity contribution in [1.82, 2.24) is 0 Å². The summed E-state index contributed by atoms with van der Waals surface area (Å²) in [6.07, 6.45) is 0.344. The number of ketones is 1. The molecule has 0 saturated carbocycles. The summed E-state index contributed by atoms with van der Waals surface area (Å²) in [6, 6.07) is 1.84. The molecule has 0 aliphatic rings. The number of rotatable bonds is 4. The summed E-state index contributed by atoms with van der Waals surface area (Å²) in [7, 11) is 1.57. The number of hydrogen-bond donors (Lipinski definition) is 1. The Hall–Kier alpha value is -0.870. The van der Waals surface area contributed by atoms with Crippen LogP contribution in [0.5, 0.6) is 5.75 Å². The molecule has 2 N–H and O–H groups in total. The first kappa shape index (κ1) is 13.2. The lowest BCUT2D eigenvalue weighted by Crippen LogP contribution is -2.10. The van der Waals surface area contributed by atoms with Gasteiger partial charge in [-0.1, -0.05) is 15.9 Å². The second-order valence-electron chi connectivity index (χ2n) is 3.68. The summed E-state index contributed by atoms with van der Waals surface area (Å²) in [5.74, 6) is 0.661. The fourth-order valence-corrected chi connectivity index (χ4v) is 1.97. The first-order valence-corrected chi connectivity index (χ1v) is 5.89. The predicted octanol–water partition coefficient (Wildman–Crippen LogP) is 2.61. The highest BCUT2D eigenvalue weighted by molar-refractivity contribution is 9.10. The van der Waals surface area contributed by atoms with E-state index in [1.54, 1.807) is 7.11 Å². The molecule has 4 heteroatoms. The van der Waals surface area contributed by atoms with Crippen molar-refractivity contribution < 1.29 is 9.53 Å². The quantitative estimate of drug-likeness (QED) is 0.866. The van der Waals surface area contributed by atoms with Crippen molar-refractivity contribution in [2.45, 2.75) is 20.3 Å². The topological polar surface area (TPSA) is 52.3 Å². The van der Waals surface area contributed by atoms with Crippen molar-refractivity contribution in [2.24, 2.45) is 5.73 Å². The van der Waals surface area contributed by atoms with Gasteiger partial charge < -0.3 is 10.5 Å². The van der Waals surface area contributed by atoms with Crippen molar-refractivity contribution in [3.05, 3.63) is 27.2 Å². The molecule has 0 spiro atoms. The third-order valence-corrected chi connectivity index (χ3v) is 3.72. The standard InChI is InChI=1S/C12H16BrNO2/c1-7-6-9(10(15)4-5-14)12(16-3)8(2)11(7)13/h6H,4-5,14H2,1-3H3. The van der Waals surface area contributed by atoms with Gasteiger partial charge in [0.25, 0.3) is 0 Å². The van der Waals surface area contributed by atoms with Crippen molar-refractivity contribution in [3.8, 4) is 5.75 Å². The minimum absolute atomic E-state index is 0.0260. The van der Waals surface area contributed by atoms with Crippen LogP contribution in [0.1, 0.15) is 27.9 Å². The smallest absolute Gasteiger partial charge is 0.167 e. The lowest BCUT2D eigenvalue weighted by molar-refractivity contribution is 0.0982. The van der Waals surface area contributed by atoms with E-state index >= 15 is 0 Å². The Morgan fingerprint density at radius 1 is 1.50 bits per heavy atom. The molecule has 0 aliphatic heterocycles. The van der Waals surface area contributed by atoms with Crippen molar-refractivity contribution in [1.29, 1.82) is 0 Å². The van der Waals surface area contributed by atoms with Gasteiger partial charge in [0.2, 0.25) is 0 Å². The number of benzene rings is 1. The molecule has 0 bridgehead atoms. The van der Waals surface area contributed by atoms with E-state index in [0.717, 1.165) is 15.6 Å². The van der Waals surface area contributed by atoms with Crippen LogP contribution in [0.15, 0.2) is 10.5 Å². The Morgan fingerprint density at radius 2 is 2.12 bits per heavy atom. The van der Waals surface area contributed by atoms with E-state index in [1.165, 1.54) is 0 Å². The van der Waals surface area contributed by atoms with Crippen LogP contribution < -0.4 is 10.5 Å². The summed E-state index contributed by atoms with van der Waals surface area (Å²) in [6.45, 7) is 4.24. The zero-order valence-electron chi connectivity index (χ0n) is 9.76. The fraction of sp³-hybridized carbons (Fsp3) is 0.417. The van der Waals surface area contributed by atoms with Crippen LogP contribution in [0, 0.1) is 13.8 Å². The number of Topliss-reactive ketones (excluding diaryl/α,β-unsaturated/α-hetero) is 1. The number of ether oxygens (including phenoxy) is 1. The van der Waals surface area contributed by atoms with Crippen molar-refractivity contribution in [2.75, 3.05) is 13.7 Å². The number of methoxy groups -OCH3 is 1. The first-order valence-electron chi connectivity index (χ1n) is 5.09. The van der Waals surface area contributed by atoms with Gasteiger partial charge in [0.05, 0.1) is 12.7 Å². The number of halogens is 1. The van der Waals surface area contributed by atoms with Crippen LogP contribution in [0.4, 0.5) is 0 Å². The minimum Gasteiger partial charge on any atom is -0.496 e. The largest absolute Gasteiger partial charge is 0.496 e. The molecule has 3 nitrogen and oxygen atoms in total. The average molecular weight is 286 g/mol. The SMILES string of the molecule is COc1c(C(=O)CCN)cc(C)c(Br)c1C. The first-order chi connectivity index (χ1) is 7.52. The average Bonchev–Trinajstić information content (AvgIpc) is 2.26. The molecule has 16 heavy (non-hydrogen) atoms. The number of aryl methyl sites for hydroxylation is 1. The lowest BCUT2D eigenvalue weighted by atomic mass is 10.0. The van der Waals surface area contributed by atoms with Gasteiger partial charge in [-0.2, -0.15) is 0 Å². The second-order valence-corrected chi connectivity index (χ2v) is 4.47. The normalized spacial score (nSPS) is 10.3. The van der Waals surface area contributed by atoms with E-state index < -0.39 is 0 Å². The molecule has 0 aliphatic carbocycles. The van der Waals surface area contributed by atoms with Crippen LogP contribution in [0.25, 0.3) is 0 Å². The molecule has 0 unspecified atom stereocenters. The van der Waals surface area contributed by atoms with E-state index in [-0.39, 0.29) is 5.78 Å². The summed E-state index contributed by atoms with van der Waals surface area (Å²) in [5.41, 5.74) is 7.98. The number of carbonyl (C=O) groups excluding carboxylic acids is 1. The van der Waals surface area contributed by atoms with Crippen molar-refractivity contribution in [3.63, 3.8) is 0 Å². The summed E-state index contributed by atoms with van der Waals surface area (Å²) < 4.78 is 6.27. The van der Waals surface area contributed by atoms with E-state index in [2.05, 4.69) is 15.9 Å². The third-order valence-electron chi connectivity index (χ3n) is 2.50. The van der Waals surface area contributed by atoms with Gasteiger partial charge in [0.1, 0.15) is 5.75 Å². The highest BCUT2D eigenvalue weighted by atomic mass is 79.9. The molecule has 0 atom stereocenters. The zero-order valence-corrected chi connectivity index (χ0v) is 11.3. The van der Waals surface area contributed by atoms with Gasteiger partial charge >= 0.3 is 0 Å². The van der Waals surface area contributed by atoms with Crippen LogP contribution >= 0.6 is 15.9 Å². The van der Waals surface area contributed by atoms with Gasteiger partial charge in [-0.3, -0.25) is 4.79 Å². The van der Waals surface area contributed by atoms with Crippen LogP contribution in [0.3, 0.4) is 0 Å². The Kier molecular flexibility index (Phi) is 4.50. The Labute approximate surface area is 104 Å². The number of hydrogen-bond acceptors (Lipinski definition) is 3. The predicted molar refractivity (Wildman–Crippen MR) is 68.2 cm³/mol. The van der Waals surface area contributed by atoms with E-state index in [1.807, 2.05) is 19.9 Å². The van der Waals surface area contributed by atoms with E-state index in [9.17, 15) is 4.79 Å². The molecule has 0 fully saturated rings. The molecular formula is C12H16BrNO2. The molecule has 1 rings (SSSR count). The maximum absolute atomic E-state index is 11.9. The Bertz CT molecular complexity index is 416. The number of carbonyl (C=O) groups is 1. The molecule has 0 aromatic heterocycles. The number of nitrogens with two attached hydrogens (primary N) is 1. The van der Waals surface area contributed by atoms with E-state index in [0.29, 0.717) is 24.3 Å². The molecule has 0 saturated heterocycles. The Morgan fingerprint density at radius 3 is 2.62 bits per heavy atom. The van der Waals surface area contributed by atoms with Gasteiger partial charge in [0, 0.05) is 16.5 Å². The molecular weight excluding hydrogens is 270 g/mol. The molecule has 0 radical (unpaired) electrons. The van der Waals surface area contributed by atoms with Gasteiger partial charge in [-0.25, -0.2) is 0 Å². The zero-order chi connectivity index (χ0) is 12.3. The van der Waals surface area contributed by atoms with Gasteiger partial charge in [0.15, 0.2) is 5.78 Å². The Balaban J connectivity index is 3.33.